The lowest BCUT2D eigenvalue weighted by molar-refractivity contribution is 0.251. The van der Waals surface area contributed by atoms with Crippen LogP contribution >= 0.6 is 0 Å². The molecule has 23 heavy (non-hydrogen) atoms. The average Bonchev–Trinajstić information content (AvgIpc) is 3.08. The number of aromatic nitrogens is 3. The molecular weight excluding hydrogens is 290 g/mol. The number of carbonyl (C=O) groups excluding carboxylic acids is 1. The van der Waals surface area contributed by atoms with Crippen LogP contribution in [0.25, 0.3) is 0 Å². The summed E-state index contributed by atoms with van der Waals surface area (Å²) < 4.78 is 2.09. The van der Waals surface area contributed by atoms with Gasteiger partial charge in [-0.3, -0.25) is 0 Å². The Bertz CT molecular complexity index is 714. The second-order valence-corrected chi connectivity index (χ2v) is 6.89. The number of urea groups is 1. The van der Waals surface area contributed by atoms with Crippen LogP contribution in [0, 0.1) is 0 Å². The van der Waals surface area contributed by atoms with Crippen LogP contribution in [-0.2, 0) is 24.9 Å². The fourth-order valence-corrected chi connectivity index (χ4v) is 2.91. The van der Waals surface area contributed by atoms with Gasteiger partial charge in [-0.2, -0.15) is 0 Å². The number of fused-ring (bicyclic) bond motifs is 1. The molecule has 6 heteroatoms. The van der Waals surface area contributed by atoms with Crippen LogP contribution in [0.15, 0.2) is 24.3 Å². The summed E-state index contributed by atoms with van der Waals surface area (Å²) in [4.78, 5) is 12.2. The van der Waals surface area contributed by atoms with E-state index in [0.29, 0.717) is 6.54 Å². The highest BCUT2D eigenvalue weighted by Crippen LogP contribution is 2.29. The highest BCUT2D eigenvalue weighted by atomic mass is 16.2. The van der Waals surface area contributed by atoms with Gasteiger partial charge in [0.05, 0.1) is 6.54 Å². The third kappa shape index (κ3) is 3.36. The topological polar surface area (TPSA) is 71.8 Å². The number of anilines is 1. The third-order valence-electron chi connectivity index (χ3n) is 4.08. The van der Waals surface area contributed by atoms with E-state index in [1.54, 1.807) is 0 Å². The number of aryl methyl sites for hydroxylation is 1. The molecular formula is C17H23N5O. The van der Waals surface area contributed by atoms with Crippen LogP contribution in [-0.4, -0.2) is 20.8 Å². The Morgan fingerprint density at radius 1 is 1.26 bits per heavy atom. The van der Waals surface area contributed by atoms with E-state index in [9.17, 15) is 4.79 Å². The van der Waals surface area contributed by atoms with Crippen LogP contribution in [0.3, 0.4) is 0 Å². The van der Waals surface area contributed by atoms with Crippen molar-refractivity contribution < 1.29 is 4.79 Å². The molecule has 2 amide bonds. The minimum atomic E-state index is -0.225. The minimum Gasteiger partial charge on any atom is -0.331 e. The summed E-state index contributed by atoms with van der Waals surface area (Å²) in [5.41, 5.74) is 1.92. The monoisotopic (exact) mass is 313 g/mol. The molecule has 2 aromatic rings. The summed E-state index contributed by atoms with van der Waals surface area (Å²) in [5.74, 6) is 1.83. The molecule has 0 bridgehead atoms. The van der Waals surface area contributed by atoms with E-state index >= 15 is 0 Å². The molecule has 0 fully saturated rings. The van der Waals surface area contributed by atoms with Crippen molar-refractivity contribution in [3.63, 3.8) is 0 Å². The van der Waals surface area contributed by atoms with Gasteiger partial charge in [0.1, 0.15) is 5.82 Å². The number of nitrogens with one attached hydrogen (secondary N) is 2. The molecule has 122 valence electrons. The summed E-state index contributed by atoms with van der Waals surface area (Å²) in [6, 6.07) is 7.66. The molecule has 2 heterocycles. The summed E-state index contributed by atoms with van der Waals surface area (Å²) in [6.45, 7) is 7.71. The van der Waals surface area contributed by atoms with Crippen molar-refractivity contribution in [3.8, 4) is 0 Å². The second-order valence-electron chi connectivity index (χ2n) is 6.89. The lowest BCUT2D eigenvalue weighted by Gasteiger charge is -2.23. The zero-order chi connectivity index (χ0) is 16.4. The van der Waals surface area contributed by atoms with E-state index in [2.05, 4.69) is 46.2 Å². The smallest absolute Gasteiger partial charge is 0.319 e. The average molecular weight is 313 g/mol. The van der Waals surface area contributed by atoms with Crippen LogP contribution in [0.4, 0.5) is 10.5 Å². The van der Waals surface area contributed by atoms with E-state index < -0.39 is 0 Å². The first-order chi connectivity index (χ1) is 10.9. The van der Waals surface area contributed by atoms with Crippen molar-refractivity contribution in [1.82, 2.24) is 20.1 Å². The standard InChI is InChI=1S/C17H23N5O/c1-17(2,3)12-7-4-5-8-13(12)19-16(23)18-11-15-21-20-14-9-6-10-22(14)15/h4-5,7-8H,6,9-11H2,1-3H3,(H2,18,19,23). The molecule has 1 aromatic heterocycles. The van der Waals surface area contributed by atoms with Crippen LogP contribution in [0.5, 0.6) is 0 Å². The van der Waals surface area contributed by atoms with Crippen LogP contribution in [0.2, 0.25) is 0 Å². The fourth-order valence-electron chi connectivity index (χ4n) is 2.91. The zero-order valence-electron chi connectivity index (χ0n) is 13.9. The van der Waals surface area contributed by atoms with Crippen molar-refractivity contribution >= 4 is 11.7 Å². The van der Waals surface area contributed by atoms with Crippen molar-refractivity contribution in [2.45, 2.75) is 52.1 Å². The Labute approximate surface area is 136 Å². The molecule has 2 N–H and O–H groups in total. The van der Waals surface area contributed by atoms with Gasteiger partial charge in [-0.25, -0.2) is 4.79 Å². The maximum absolute atomic E-state index is 12.2. The van der Waals surface area contributed by atoms with Gasteiger partial charge in [0.15, 0.2) is 5.82 Å². The molecule has 1 aliphatic rings. The van der Waals surface area contributed by atoms with Crippen LogP contribution in [0.1, 0.15) is 44.4 Å². The molecule has 0 aliphatic carbocycles. The Morgan fingerprint density at radius 2 is 2.04 bits per heavy atom. The largest absolute Gasteiger partial charge is 0.331 e. The Hall–Kier alpha value is -2.37. The molecule has 0 unspecified atom stereocenters. The molecule has 0 atom stereocenters. The first-order valence-corrected chi connectivity index (χ1v) is 8.00. The first-order valence-electron chi connectivity index (χ1n) is 8.00. The first kappa shape index (κ1) is 15.5. The molecule has 0 radical (unpaired) electrons. The lowest BCUT2D eigenvalue weighted by atomic mass is 9.86. The summed E-state index contributed by atoms with van der Waals surface area (Å²) in [7, 11) is 0. The number of rotatable bonds is 3. The normalized spacial score (nSPS) is 13.7. The SMILES string of the molecule is CC(C)(C)c1ccccc1NC(=O)NCc1nnc2n1CCC2. The Morgan fingerprint density at radius 3 is 2.83 bits per heavy atom. The zero-order valence-corrected chi connectivity index (χ0v) is 13.9. The maximum Gasteiger partial charge on any atom is 0.319 e. The summed E-state index contributed by atoms with van der Waals surface area (Å²) in [6.07, 6.45) is 2.07. The van der Waals surface area contributed by atoms with E-state index in [-0.39, 0.29) is 11.4 Å². The Kier molecular flexibility index (Phi) is 4.07. The van der Waals surface area contributed by atoms with Crippen molar-refractivity contribution in [1.29, 1.82) is 0 Å². The quantitative estimate of drug-likeness (QED) is 0.915. The second kappa shape index (κ2) is 6.02. The third-order valence-corrected chi connectivity index (χ3v) is 4.08. The van der Waals surface area contributed by atoms with Gasteiger partial charge in [0, 0.05) is 18.7 Å². The number of carbonyl (C=O) groups is 1. The molecule has 3 rings (SSSR count). The molecule has 0 saturated heterocycles. The lowest BCUT2D eigenvalue weighted by Crippen LogP contribution is -2.30. The van der Waals surface area contributed by atoms with Gasteiger partial charge in [0.25, 0.3) is 0 Å². The summed E-state index contributed by atoms with van der Waals surface area (Å²) in [5, 5.41) is 14.1. The number of para-hydroxylation sites is 1. The molecule has 0 saturated carbocycles. The van der Waals surface area contributed by atoms with Gasteiger partial charge in [0.2, 0.25) is 0 Å². The molecule has 1 aliphatic heterocycles. The molecule has 1 aromatic carbocycles. The van der Waals surface area contributed by atoms with E-state index in [4.69, 9.17) is 0 Å². The van der Waals surface area contributed by atoms with Gasteiger partial charge < -0.3 is 15.2 Å². The van der Waals surface area contributed by atoms with E-state index in [1.165, 1.54) is 0 Å². The predicted molar refractivity (Wildman–Crippen MR) is 89.3 cm³/mol. The number of hydrogen-bond donors (Lipinski definition) is 2. The number of benzene rings is 1. The van der Waals surface area contributed by atoms with Crippen LogP contribution < -0.4 is 10.6 Å². The van der Waals surface area contributed by atoms with Gasteiger partial charge >= 0.3 is 6.03 Å². The van der Waals surface area contributed by atoms with E-state index in [0.717, 1.165) is 42.3 Å². The molecule has 6 nitrogen and oxygen atoms in total. The molecule has 0 spiro atoms. The number of nitrogens with zero attached hydrogens (tertiary/aromatic N) is 3. The van der Waals surface area contributed by atoms with Crippen molar-refractivity contribution in [3.05, 3.63) is 41.5 Å². The number of amides is 2. The highest BCUT2D eigenvalue weighted by Gasteiger charge is 2.20. The summed E-state index contributed by atoms with van der Waals surface area (Å²) >= 11 is 0. The highest BCUT2D eigenvalue weighted by molar-refractivity contribution is 5.90. The maximum atomic E-state index is 12.2. The van der Waals surface area contributed by atoms with E-state index in [1.807, 2.05) is 24.3 Å². The fraction of sp³-hybridized carbons (Fsp3) is 0.471. The van der Waals surface area contributed by atoms with Gasteiger partial charge in [-0.05, 0) is 23.5 Å². The van der Waals surface area contributed by atoms with Crippen molar-refractivity contribution in [2.75, 3.05) is 5.32 Å². The Balaban J connectivity index is 1.64. The van der Waals surface area contributed by atoms with Gasteiger partial charge in [-0.15, -0.1) is 10.2 Å². The number of hydrogen-bond acceptors (Lipinski definition) is 3. The van der Waals surface area contributed by atoms with Gasteiger partial charge in [-0.1, -0.05) is 39.0 Å². The minimum absolute atomic E-state index is 0.0301. The van der Waals surface area contributed by atoms with Crippen molar-refractivity contribution in [2.24, 2.45) is 0 Å². The predicted octanol–water partition coefficient (Wildman–Crippen LogP) is 2.84.